The van der Waals surface area contributed by atoms with Gasteiger partial charge in [-0.25, -0.2) is 0 Å². The Balaban J connectivity index is 2.54. The molecule has 61 valence electrons. The highest BCUT2D eigenvalue weighted by molar-refractivity contribution is 5.25. The van der Waals surface area contributed by atoms with Crippen LogP contribution >= 0.6 is 0 Å². The molecule has 1 radical (unpaired) electrons. The predicted molar refractivity (Wildman–Crippen MR) is 45.5 cm³/mol. The Kier molecular flexibility index (Phi) is 2.58. The maximum atomic E-state index is 5.51. The van der Waals surface area contributed by atoms with Crippen LogP contribution in [0.3, 0.4) is 0 Å². The third-order valence-electron chi connectivity index (χ3n) is 1.38. The maximum absolute atomic E-state index is 5.51. The number of rotatable bonds is 2. The normalized spacial score (nSPS) is 18.0. The molecule has 0 atom stereocenters. The maximum Gasteiger partial charge on any atom is 0.124 e. The van der Waals surface area contributed by atoms with Gasteiger partial charge in [-0.05, 0) is 39.1 Å². The van der Waals surface area contributed by atoms with E-state index in [1.807, 2.05) is 39.1 Å². The first kappa shape index (κ1) is 8.18. The van der Waals surface area contributed by atoms with Crippen molar-refractivity contribution >= 4 is 0 Å². The molecule has 2 nitrogen and oxygen atoms in total. The van der Waals surface area contributed by atoms with Crippen molar-refractivity contribution in [3.63, 3.8) is 0 Å². The van der Waals surface area contributed by atoms with Crippen molar-refractivity contribution in [3.05, 3.63) is 30.2 Å². The summed E-state index contributed by atoms with van der Waals surface area (Å²) in [5.41, 5.74) is 0. The Bertz CT molecular complexity index is 182. The number of ether oxygens (including phenoxy) is 1. The summed E-state index contributed by atoms with van der Waals surface area (Å²) in [6.07, 6.45) is 6.03. The largest absolute Gasteiger partial charge is 0.493 e. The zero-order valence-electron chi connectivity index (χ0n) is 7.22. The molecule has 1 N–H and O–H groups in total. The van der Waals surface area contributed by atoms with E-state index in [-0.39, 0.29) is 6.10 Å². The van der Waals surface area contributed by atoms with Crippen molar-refractivity contribution in [1.82, 2.24) is 5.32 Å². The summed E-state index contributed by atoms with van der Waals surface area (Å²) in [7, 11) is 0. The summed E-state index contributed by atoms with van der Waals surface area (Å²) in [6, 6.07) is 1.07. The molecule has 11 heavy (non-hydrogen) atoms. The second-order valence-electron chi connectivity index (χ2n) is 2.83. The number of hydrogen-bond acceptors (Lipinski definition) is 2. The van der Waals surface area contributed by atoms with Crippen LogP contribution in [0.2, 0.25) is 0 Å². The van der Waals surface area contributed by atoms with Crippen molar-refractivity contribution < 1.29 is 4.74 Å². The van der Waals surface area contributed by atoms with Gasteiger partial charge in [0.2, 0.25) is 0 Å². The number of dihydropyridines is 1. The minimum atomic E-state index is 0.240. The quantitative estimate of drug-likeness (QED) is 0.653. The minimum absolute atomic E-state index is 0.240. The molecule has 0 unspecified atom stereocenters. The first-order valence-corrected chi connectivity index (χ1v) is 3.84. The predicted octanol–water partition coefficient (Wildman–Crippen LogP) is 1.96. The summed E-state index contributed by atoms with van der Waals surface area (Å²) >= 11 is 0. The fourth-order valence-corrected chi connectivity index (χ4v) is 0.886. The molecule has 0 aromatic heterocycles. The lowest BCUT2D eigenvalue weighted by molar-refractivity contribution is 0.144. The standard InChI is InChI=1S/C9H14NO/c1-7(2)11-9-5-4-6-10-8(9)3/h4-7,10H,1-3H3. The molecule has 0 aliphatic carbocycles. The molecule has 0 aromatic rings. The molecule has 0 bridgehead atoms. The second kappa shape index (κ2) is 3.46. The van der Waals surface area contributed by atoms with Crippen molar-refractivity contribution in [2.45, 2.75) is 26.9 Å². The molecule has 0 amide bonds. The van der Waals surface area contributed by atoms with Crippen molar-refractivity contribution in [3.8, 4) is 0 Å². The van der Waals surface area contributed by atoms with Crippen LogP contribution in [0.15, 0.2) is 24.1 Å². The van der Waals surface area contributed by atoms with E-state index in [9.17, 15) is 0 Å². The zero-order valence-corrected chi connectivity index (χ0v) is 7.22. The van der Waals surface area contributed by atoms with Crippen molar-refractivity contribution in [1.29, 1.82) is 0 Å². The zero-order chi connectivity index (χ0) is 8.27. The molecule has 0 spiro atoms. The van der Waals surface area contributed by atoms with Crippen LogP contribution in [0.1, 0.15) is 20.8 Å². The smallest absolute Gasteiger partial charge is 0.124 e. The van der Waals surface area contributed by atoms with Gasteiger partial charge >= 0.3 is 0 Å². The Hall–Kier alpha value is -0.920. The van der Waals surface area contributed by atoms with Crippen LogP contribution in [0.25, 0.3) is 0 Å². The average molecular weight is 152 g/mol. The molecular weight excluding hydrogens is 138 g/mol. The van der Waals surface area contributed by atoms with Crippen LogP contribution in [-0.4, -0.2) is 6.10 Å². The molecule has 1 rings (SSSR count). The summed E-state index contributed by atoms with van der Waals surface area (Å²) < 4.78 is 5.51. The van der Waals surface area contributed by atoms with E-state index in [1.54, 1.807) is 0 Å². The molecular formula is C9H14NO. The fraction of sp³-hybridized carbons (Fsp3) is 0.444. The fourth-order valence-electron chi connectivity index (χ4n) is 0.886. The Labute approximate surface area is 67.9 Å². The topological polar surface area (TPSA) is 21.3 Å². The van der Waals surface area contributed by atoms with Gasteiger partial charge in [-0.1, -0.05) is 0 Å². The molecule has 0 fully saturated rings. The Morgan fingerprint density at radius 3 is 2.73 bits per heavy atom. The van der Waals surface area contributed by atoms with E-state index in [1.165, 1.54) is 0 Å². The van der Waals surface area contributed by atoms with Gasteiger partial charge in [0.15, 0.2) is 0 Å². The van der Waals surface area contributed by atoms with Crippen LogP contribution in [0, 0.1) is 6.04 Å². The third kappa shape index (κ3) is 2.30. The summed E-state index contributed by atoms with van der Waals surface area (Å²) in [5, 5.41) is 3.08. The average Bonchev–Trinajstić information content (AvgIpc) is 1.93. The molecule has 1 aliphatic rings. The lowest BCUT2D eigenvalue weighted by atomic mass is 10.2. The summed E-state index contributed by atoms with van der Waals surface area (Å²) in [4.78, 5) is 0. The molecule has 0 saturated carbocycles. The van der Waals surface area contributed by atoms with Crippen LogP contribution < -0.4 is 5.32 Å². The number of hydrogen-bond donors (Lipinski definition) is 1. The summed E-state index contributed by atoms with van der Waals surface area (Å²) in [6.45, 7) is 6.04. The molecule has 0 saturated heterocycles. The van der Waals surface area contributed by atoms with Gasteiger partial charge < -0.3 is 10.1 Å². The minimum Gasteiger partial charge on any atom is -0.493 e. The van der Waals surface area contributed by atoms with Crippen molar-refractivity contribution in [2.24, 2.45) is 0 Å². The van der Waals surface area contributed by atoms with E-state index in [0.29, 0.717) is 0 Å². The van der Waals surface area contributed by atoms with Gasteiger partial charge in [0.05, 0.1) is 6.10 Å². The van der Waals surface area contributed by atoms with Gasteiger partial charge in [-0.15, -0.1) is 0 Å². The SMILES string of the molecule is C[C]1NC=CC=C1OC(C)C. The van der Waals surface area contributed by atoms with Gasteiger partial charge in [0.1, 0.15) is 11.8 Å². The molecule has 2 heteroatoms. The summed E-state index contributed by atoms with van der Waals surface area (Å²) in [5.74, 6) is 0.933. The van der Waals surface area contributed by atoms with Gasteiger partial charge in [0.25, 0.3) is 0 Å². The highest BCUT2D eigenvalue weighted by Crippen LogP contribution is 2.16. The van der Waals surface area contributed by atoms with Gasteiger partial charge in [-0.2, -0.15) is 0 Å². The molecule has 1 aliphatic heterocycles. The molecule has 0 aromatic carbocycles. The van der Waals surface area contributed by atoms with Gasteiger partial charge in [0, 0.05) is 0 Å². The van der Waals surface area contributed by atoms with Crippen LogP contribution in [0.4, 0.5) is 0 Å². The van der Waals surface area contributed by atoms with E-state index >= 15 is 0 Å². The van der Waals surface area contributed by atoms with E-state index in [4.69, 9.17) is 4.74 Å². The Morgan fingerprint density at radius 2 is 2.18 bits per heavy atom. The highest BCUT2D eigenvalue weighted by Gasteiger charge is 2.12. The van der Waals surface area contributed by atoms with Crippen molar-refractivity contribution in [2.75, 3.05) is 0 Å². The van der Waals surface area contributed by atoms with Crippen LogP contribution in [0.5, 0.6) is 0 Å². The lowest BCUT2D eigenvalue weighted by Crippen LogP contribution is -2.20. The third-order valence-corrected chi connectivity index (χ3v) is 1.38. The molecule has 1 heterocycles. The second-order valence-corrected chi connectivity index (χ2v) is 2.83. The van der Waals surface area contributed by atoms with E-state index in [2.05, 4.69) is 5.32 Å². The van der Waals surface area contributed by atoms with Gasteiger partial charge in [-0.3, -0.25) is 0 Å². The first-order chi connectivity index (χ1) is 5.20. The lowest BCUT2D eigenvalue weighted by Gasteiger charge is -2.20. The number of allylic oxidation sites excluding steroid dienone is 2. The van der Waals surface area contributed by atoms with E-state index < -0.39 is 0 Å². The Morgan fingerprint density at radius 1 is 1.45 bits per heavy atom. The highest BCUT2D eigenvalue weighted by atomic mass is 16.5. The van der Waals surface area contributed by atoms with E-state index in [0.717, 1.165) is 11.8 Å². The first-order valence-electron chi connectivity index (χ1n) is 3.84. The van der Waals surface area contributed by atoms with Crippen LogP contribution in [-0.2, 0) is 4.74 Å². The number of nitrogens with one attached hydrogen (secondary N) is 1. The monoisotopic (exact) mass is 152 g/mol.